The summed E-state index contributed by atoms with van der Waals surface area (Å²) >= 11 is 6.20. The lowest BCUT2D eigenvalue weighted by Gasteiger charge is -2.31. The van der Waals surface area contributed by atoms with Gasteiger partial charge < -0.3 is 15.0 Å². The maximum atomic E-state index is 13.5. The van der Waals surface area contributed by atoms with E-state index in [1.807, 2.05) is 68.4 Å². The molecule has 0 aliphatic heterocycles. The molecule has 34 heavy (non-hydrogen) atoms. The highest BCUT2D eigenvalue weighted by molar-refractivity contribution is 6.32. The Labute approximate surface area is 206 Å². The first-order chi connectivity index (χ1) is 16.5. The van der Waals surface area contributed by atoms with Gasteiger partial charge in [-0.05, 0) is 36.6 Å². The van der Waals surface area contributed by atoms with E-state index in [9.17, 15) is 9.59 Å². The molecule has 0 saturated heterocycles. The molecule has 0 bridgehead atoms. The van der Waals surface area contributed by atoms with E-state index in [-0.39, 0.29) is 18.4 Å². The van der Waals surface area contributed by atoms with Gasteiger partial charge in [0.2, 0.25) is 5.91 Å². The summed E-state index contributed by atoms with van der Waals surface area (Å²) < 4.78 is 5.75. The van der Waals surface area contributed by atoms with Crippen LogP contribution in [0.25, 0.3) is 0 Å². The Bertz CT molecular complexity index is 1090. The van der Waals surface area contributed by atoms with Gasteiger partial charge in [0.15, 0.2) is 6.61 Å². The van der Waals surface area contributed by atoms with Crippen molar-refractivity contribution in [2.24, 2.45) is 0 Å². The fraction of sp³-hybridized carbons (Fsp3) is 0.286. The van der Waals surface area contributed by atoms with Crippen molar-refractivity contribution in [2.75, 3.05) is 13.2 Å². The summed E-state index contributed by atoms with van der Waals surface area (Å²) in [6.07, 6.45) is 1.21. The first-order valence-electron chi connectivity index (χ1n) is 11.5. The van der Waals surface area contributed by atoms with Crippen LogP contribution in [0.15, 0.2) is 78.9 Å². The van der Waals surface area contributed by atoms with E-state index in [2.05, 4.69) is 5.32 Å². The summed E-state index contributed by atoms with van der Waals surface area (Å²) in [6, 6.07) is 24.0. The van der Waals surface area contributed by atoms with Crippen LogP contribution in [-0.2, 0) is 22.6 Å². The highest BCUT2D eigenvalue weighted by Crippen LogP contribution is 2.23. The number of benzene rings is 3. The zero-order valence-corrected chi connectivity index (χ0v) is 20.4. The highest BCUT2D eigenvalue weighted by Gasteiger charge is 2.30. The Morgan fingerprint density at radius 3 is 2.38 bits per heavy atom. The van der Waals surface area contributed by atoms with E-state index in [1.54, 1.807) is 29.2 Å². The maximum absolute atomic E-state index is 13.5. The van der Waals surface area contributed by atoms with E-state index in [1.165, 1.54) is 0 Å². The van der Waals surface area contributed by atoms with Gasteiger partial charge in [-0.3, -0.25) is 9.59 Å². The summed E-state index contributed by atoms with van der Waals surface area (Å²) in [7, 11) is 0. The van der Waals surface area contributed by atoms with Crippen LogP contribution in [0, 0.1) is 6.92 Å². The largest absolute Gasteiger partial charge is 0.482 e. The van der Waals surface area contributed by atoms with Crippen molar-refractivity contribution in [1.29, 1.82) is 0 Å². The van der Waals surface area contributed by atoms with Gasteiger partial charge in [-0.2, -0.15) is 0 Å². The molecule has 1 atom stereocenters. The Kier molecular flexibility index (Phi) is 9.53. The summed E-state index contributed by atoms with van der Waals surface area (Å²) in [5, 5.41) is 3.41. The molecular weight excluding hydrogens is 448 g/mol. The molecule has 3 aromatic carbocycles. The van der Waals surface area contributed by atoms with E-state index in [0.717, 1.165) is 23.1 Å². The molecule has 0 aliphatic carbocycles. The number of halogens is 1. The Morgan fingerprint density at radius 1 is 0.971 bits per heavy atom. The summed E-state index contributed by atoms with van der Waals surface area (Å²) in [4.78, 5) is 28.4. The lowest BCUT2D eigenvalue weighted by molar-refractivity contribution is -0.142. The highest BCUT2D eigenvalue weighted by atomic mass is 35.5. The molecule has 1 N–H and O–H groups in total. The van der Waals surface area contributed by atoms with Crippen LogP contribution in [0.4, 0.5) is 0 Å². The van der Waals surface area contributed by atoms with Crippen molar-refractivity contribution in [3.8, 4) is 5.75 Å². The van der Waals surface area contributed by atoms with Crippen LogP contribution in [0.5, 0.6) is 5.75 Å². The predicted molar refractivity (Wildman–Crippen MR) is 136 cm³/mol. The number of hydrogen-bond acceptors (Lipinski definition) is 3. The van der Waals surface area contributed by atoms with Crippen molar-refractivity contribution in [2.45, 2.75) is 39.3 Å². The molecule has 3 rings (SSSR count). The molecule has 0 saturated carbocycles. The van der Waals surface area contributed by atoms with Crippen LogP contribution in [-0.4, -0.2) is 35.9 Å². The molecule has 0 aliphatic rings. The monoisotopic (exact) mass is 478 g/mol. The number of carbonyl (C=O) groups is 2. The summed E-state index contributed by atoms with van der Waals surface area (Å²) in [5.74, 6) is -0.0264. The van der Waals surface area contributed by atoms with Gasteiger partial charge in [-0.1, -0.05) is 90.8 Å². The van der Waals surface area contributed by atoms with Gasteiger partial charge in [-0.15, -0.1) is 0 Å². The van der Waals surface area contributed by atoms with Crippen molar-refractivity contribution in [3.05, 3.63) is 101 Å². The molecule has 6 heteroatoms. The van der Waals surface area contributed by atoms with Crippen LogP contribution in [0.2, 0.25) is 5.02 Å². The fourth-order valence-electron chi connectivity index (χ4n) is 3.71. The minimum atomic E-state index is -0.684. The molecule has 3 aromatic rings. The minimum absolute atomic E-state index is 0.176. The molecule has 5 nitrogen and oxygen atoms in total. The number of hydrogen-bond donors (Lipinski definition) is 1. The quantitative estimate of drug-likeness (QED) is 0.412. The standard InChI is InChI=1S/C28H31ClN2O3/c1-3-16-30-28(33)25(18-22-11-5-4-6-12-22)31(19-23-13-9-10-21(2)17-23)27(32)20-34-26-15-8-7-14-24(26)29/h4-15,17,25H,3,16,18-20H2,1-2H3,(H,30,33)/t25-/m0/s1. The van der Waals surface area contributed by atoms with E-state index in [4.69, 9.17) is 16.3 Å². The lowest BCUT2D eigenvalue weighted by Crippen LogP contribution is -2.51. The van der Waals surface area contributed by atoms with Crippen molar-refractivity contribution in [1.82, 2.24) is 10.2 Å². The zero-order valence-electron chi connectivity index (χ0n) is 19.7. The molecule has 178 valence electrons. The first kappa shape index (κ1) is 25.3. The summed E-state index contributed by atoms with van der Waals surface area (Å²) in [6.45, 7) is 4.63. The van der Waals surface area contributed by atoms with Gasteiger partial charge in [-0.25, -0.2) is 0 Å². The molecule has 0 aromatic heterocycles. The van der Waals surface area contributed by atoms with E-state index in [0.29, 0.717) is 30.3 Å². The van der Waals surface area contributed by atoms with E-state index >= 15 is 0 Å². The van der Waals surface area contributed by atoms with Gasteiger partial charge in [0.25, 0.3) is 5.91 Å². The maximum Gasteiger partial charge on any atom is 0.261 e. The lowest BCUT2D eigenvalue weighted by atomic mass is 10.0. The van der Waals surface area contributed by atoms with Crippen LogP contribution in [0.1, 0.15) is 30.0 Å². The Morgan fingerprint density at radius 2 is 1.68 bits per heavy atom. The smallest absolute Gasteiger partial charge is 0.261 e. The van der Waals surface area contributed by atoms with Crippen LogP contribution in [0.3, 0.4) is 0 Å². The van der Waals surface area contributed by atoms with Crippen LogP contribution >= 0.6 is 11.6 Å². The number of ether oxygens (including phenoxy) is 1. The van der Waals surface area contributed by atoms with Gasteiger partial charge in [0, 0.05) is 19.5 Å². The number of aryl methyl sites for hydroxylation is 1. The van der Waals surface area contributed by atoms with Crippen LogP contribution < -0.4 is 10.1 Å². The second-order valence-corrected chi connectivity index (χ2v) is 8.63. The Balaban J connectivity index is 1.90. The average Bonchev–Trinajstić information content (AvgIpc) is 2.84. The number of nitrogens with one attached hydrogen (secondary N) is 1. The number of rotatable bonds is 11. The van der Waals surface area contributed by atoms with Crippen molar-refractivity contribution >= 4 is 23.4 Å². The number of carbonyl (C=O) groups excluding carboxylic acids is 2. The molecule has 0 spiro atoms. The SMILES string of the molecule is CCCNC(=O)[C@H](Cc1ccccc1)N(Cc1cccc(C)c1)C(=O)COc1ccccc1Cl. The predicted octanol–water partition coefficient (Wildman–Crippen LogP) is 5.19. The molecule has 0 unspecified atom stereocenters. The molecule has 0 heterocycles. The second-order valence-electron chi connectivity index (χ2n) is 8.23. The fourth-order valence-corrected chi connectivity index (χ4v) is 3.90. The third-order valence-electron chi connectivity index (χ3n) is 5.44. The molecular formula is C28H31ClN2O3. The number of para-hydroxylation sites is 1. The third kappa shape index (κ3) is 7.35. The molecule has 0 radical (unpaired) electrons. The topological polar surface area (TPSA) is 58.6 Å². The zero-order chi connectivity index (χ0) is 24.3. The van der Waals surface area contributed by atoms with Crippen molar-refractivity contribution in [3.63, 3.8) is 0 Å². The van der Waals surface area contributed by atoms with E-state index < -0.39 is 6.04 Å². The van der Waals surface area contributed by atoms with Crippen molar-refractivity contribution < 1.29 is 14.3 Å². The molecule has 2 amide bonds. The van der Waals surface area contributed by atoms with Gasteiger partial charge >= 0.3 is 0 Å². The average molecular weight is 479 g/mol. The number of nitrogens with zero attached hydrogens (tertiary/aromatic N) is 1. The summed E-state index contributed by atoms with van der Waals surface area (Å²) in [5.41, 5.74) is 3.02. The number of amides is 2. The molecule has 0 fully saturated rings. The Hall–Kier alpha value is -3.31. The third-order valence-corrected chi connectivity index (χ3v) is 5.76. The van der Waals surface area contributed by atoms with Gasteiger partial charge in [0.05, 0.1) is 5.02 Å². The second kappa shape index (κ2) is 12.8. The van der Waals surface area contributed by atoms with Gasteiger partial charge in [0.1, 0.15) is 11.8 Å². The first-order valence-corrected chi connectivity index (χ1v) is 11.9. The normalized spacial score (nSPS) is 11.5. The minimum Gasteiger partial charge on any atom is -0.482 e.